The molecule has 2 aromatic rings. The SMILES string of the molecule is CCCCOC(=O)Cn1nnc2sc3c(c2c1=O)CC[C@H](C(C)(C)C)C3. The number of ether oxygens (including phenoxy) is 1. The first-order valence-corrected chi connectivity index (χ1v) is 10.2. The van der Waals surface area contributed by atoms with Crippen molar-refractivity contribution in [3.63, 3.8) is 0 Å². The van der Waals surface area contributed by atoms with Gasteiger partial charge in [0.1, 0.15) is 6.54 Å². The molecule has 0 radical (unpaired) electrons. The zero-order valence-corrected chi connectivity index (χ0v) is 16.8. The van der Waals surface area contributed by atoms with E-state index in [4.69, 9.17) is 4.74 Å². The minimum absolute atomic E-state index is 0.180. The van der Waals surface area contributed by atoms with Crippen molar-refractivity contribution < 1.29 is 9.53 Å². The number of esters is 1. The normalized spacial score (nSPS) is 17.3. The van der Waals surface area contributed by atoms with Crippen LogP contribution in [0.5, 0.6) is 0 Å². The first-order chi connectivity index (χ1) is 12.3. The summed E-state index contributed by atoms with van der Waals surface area (Å²) >= 11 is 1.58. The highest BCUT2D eigenvalue weighted by Crippen LogP contribution is 2.41. The molecule has 0 bridgehead atoms. The topological polar surface area (TPSA) is 74.1 Å². The van der Waals surface area contributed by atoms with E-state index in [0.29, 0.717) is 22.7 Å². The number of hydrogen-bond acceptors (Lipinski definition) is 6. The molecule has 26 heavy (non-hydrogen) atoms. The Kier molecular flexibility index (Phi) is 5.46. The highest BCUT2D eigenvalue weighted by molar-refractivity contribution is 7.18. The van der Waals surface area contributed by atoms with Crippen LogP contribution in [0.4, 0.5) is 0 Å². The Balaban J connectivity index is 1.86. The summed E-state index contributed by atoms with van der Waals surface area (Å²) in [5.74, 6) is 0.165. The molecule has 0 saturated carbocycles. The molecule has 142 valence electrons. The van der Waals surface area contributed by atoms with Crippen LogP contribution in [0.1, 0.15) is 57.4 Å². The van der Waals surface area contributed by atoms with Gasteiger partial charge in [0.2, 0.25) is 0 Å². The molecule has 6 nitrogen and oxygen atoms in total. The fourth-order valence-electron chi connectivity index (χ4n) is 3.47. The van der Waals surface area contributed by atoms with Crippen LogP contribution in [-0.4, -0.2) is 27.6 Å². The molecule has 0 saturated heterocycles. The van der Waals surface area contributed by atoms with E-state index in [9.17, 15) is 9.59 Å². The predicted molar refractivity (Wildman–Crippen MR) is 103 cm³/mol. The Hall–Kier alpha value is -1.76. The smallest absolute Gasteiger partial charge is 0.327 e. The van der Waals surface area contributed by atoms with E-state index in [1.807, 2.05) is 6.92 Å². The fourth-order valence-corrected chi connectivity index (χ4v) is 4.70. The van der Waals surface area contributed by atoms with E-state index in [1.165, 1.54) is 4.88 Å². The largest absolute Gasteiger partial charge is 0.464 e. The molecule has 2 heterocycles. The van der Waals surface area contributed by atoms with Crippen molar-refractivity contribution in [3.05, 3.63) is 20.8 Å². The van der Waals surface area contributed by atoms with Crippen molar-refractivity contribution in [1.82, 2.24) is 15.0 Å². The molecule has 7 heteroatoms. The Morgan fingerprint density at radius 3 is 2.85 bits per heavy atom. The van der Waals surface area contributed by atoms with Crippen LogP contribution in [0.3, 0.4) is 0 Å². The second kappa shape index (κ2) is 7.47. The highest BCUT2D eigenvalue weighted by atomic mass is 32.1. The molecule has 0 unspecified atom stereocenters. The lowest BCUT2D eigenvalue weighted by Crippen LogP contribution is -2.30. The van der Waals surface area contributed by atoms with Gasteiger partial charge in [0.25, 0.3) is 5.56 Å². The summed E-state index contributed by atoms with van der Waals surface area (Å²) < 4.78 is 6.27. The van der Waals surface area contributed by atoms with Gasteiger partial charge in [0.15, 0.2) is 4.83 Å². The van der Waals surface area contributed by atoms with Gasteiger partial charge in [-0.3, -0.25) is 9.59 Å². The number of carbonyl (C=O) groups excluding carboxylic acids is 1. The van der Waals surface area contributed by atoms with E-state index in [-0.39, 0.29) is 17.5 Å². The minimum atomic E-state index is -0.439. The highest BCUT2D eigenvalue weighted by Gasteiger charge is 2.32. The second-order valence-corrected chi connectivity index (χ2v) is 9.20. The van der Waals surface area contributed by atoms with Gasteiger partial charge in [-0.05, 0) is 42.6 Å². The number of aromatic nitrogens is 3. The van der Waals surface area contributed by atoms with E-state index < -0.39 is 5.97 Å². The van der Waals surface area contributed by atoms with Crippen LogP contribution in [0, 0.1) is 11.3 Å². The maximum Gasteiger partial charge on any atom is 0.327 e. The van der Waals surface area contributed by atoms with Gasteiger partial charge in [-0.1, -0.05) is 39.3 Å². The van der Waals surface area contributed by atoms with Crippen LogP contribution in [0.2, 0.25) is 0 Å². The van der Waals surface area contributed by atoms with Crippen LogP contribution < -0.4 is 5.56 Å². The third-order valence-electron chi connectivity index (χ3n) is 5.20. The molecule has 0 N–H and O–H groups in total. The van der Waals surface area contributed by atoms with Gasteiger partial charge < -0.3 is 4.74 Å². The molecular weight excluding hydrogens is 350 g/mol. The summed E-state index contributed by atoms with van der Waals surface area (Å²) in [6, 6.07) is 0. The molecule has 0 spiro atoms. The number of fused-ring (bicyclic) bond motifs is 3. The van der Waals surface area contributed by atoms with Crippen molar-refractivity contribution in [3.8, 4) is 0 Å². The second-order valence-electron chi connectivity index (χ2n) is 8.12. The number of thiophene rings is 1. The van der Waals surface area contributed by atoms with E-state index in [1.54, 1.807) is 11.3 Å². The first kappa shape index (κ1) is 19.0. The van der Waals surface area contributed by atoms with E-state index >= 15 is 0 Å². The quantitative estimate of drug-likeness (QED) is 0.590. The lowest BCUT2D eigenvalue weighted by atomic mass is 9.72. The molecular formula is C19H27N3O3S. The summed E-state index contributed by atoms with van der Waals surface area (Å²) in [4.78, 5) is 26.7. The van der Waals surface area contributed by atoms with Gasteiger partial charge in [-0.15, -0.1) is 16.4 Å². The van der Waals surface area contributed by atoms with Crippen molar-refractivity contribution >= 4 is 27.5 Å². The summed E-state index contributed by atoms with van der Waals surface area (Å²) in [7, 11) is 0. The van der Waals surface area contributed by atoms with Gasteiger partial charge in [0.05, 0.1) is 12.0 Å². The Morgan fingerprint density at radius 1 is 1.38 bits per heavy atom. The minimum Gasteiger partial charge on any atom is -0.464 e. The third kappa shape index (κ3) is 3.82. The maximum absolute atomic E-state index is 12.9. The summed E-state index contributed by atoms with van der Waals surface area (Å²) in [5, 5.41) is 8.80. The molecule has 1 atom stereocenters. The number of nitrogens with zero attached hydrogens (tertiary/aromatic N) is 3. The molecule has 3 rings (SSSR count). The first-order valence-electron chi connectivity index (χ1n) is 9.35. The standard InChI is InChI=1S/C19H27N3O3S/c1-5-6-9-25-15(23)11-22-18(24)16-13-8-7-12(19(2,3)4)10-14(13)26-17(16)20-21-22/h12H,5-11H2,1-4H3/t12-/m0/s1. The Morgan fingerprint density at radius 2 is 2.15 bits per heavy atom. The number of aryl methyl sites for hydroxylation is 1. The zero-order valence-electron chi connectivity index (χ0n) is 16.0. The van der Waals surface area contributed by atoms with Crippen molar-refractivity contribution in [2.75, 3.05) is 6.61 Å². The monoisotopic (exact) mass is 377 g/mol. The predicted octanol–water partition coefficient (Wildman–Crippen LogP) is 3.35. The maximum atomic E-state index is 12.9. The Labute approximate surface area is 157 Å². The summed E-state index contributed by atoms with van der Waals surface area (Å²) in [5.41, 5.74) is 1.13. The molecule has 1 aliphatic rings. The van der Waals surface area contributed by atoms with Crippen molar-refractivity contribution in [2.45, 2.75) is 66.3 Å². The summed E-state index contributed by atoms with van der Waals surface area (Å²) in [6.07, 6.45) is 4.72. The summed E-state index contributed by atoms with van der Waals surface area (Å²) in [6.45, 7) is 9.04. The van der Waals surface area contributed by atoms with Gasteiger partial charge in [-0.25, -0.2) is 0 Å². The number of rotatable bonds is 5. The number of hydrogen-bond donors (Lipinski definition) is 0. The van der Waals surface area contributed by atoms with E-state index in [0.717, 1.165) is 42.3 Å². The van der Waals surface area contributed by atoms with Gasteiger partial charge in [-0.2, -0.15) is 4.68 Å². The Bertz CT molecular complexity index is 863. The fraction of sp³-hybridized carbons (Fsp3) is 0.684. The van der Waals surface area contributed by atoms with Crippen LogP contribution in [0.25, 0.3) is 10.2 Å². The van der Waals surface area contributed by atoms with Crippen LogP contribution in [0.15, 0.2) is 4.79 Å². The molecule has 1 aliphatic carbocycles. The van der Waals surface area contributed by atoms with Crippen molar-refractivity contribution in [2.24, 2.45) is 11.3 Å². The lowest BCUT2D eigenvalue weighted by Gasteiger charge is -2.33. The number of unbranched alkanes of at least 4 members (excludes halogenated alkanes) is 1. The van der Waals surface area contributed by atoms with Crippen LogP contribution in [-0.2, 0) is 28.9 Å². The molecule has 0 aliphatic heterocycles. The third-order valence-corrected chi connectivity index (χ3v) is 6.34. The van der Waals surface area contributed by atoms with Gasteiger partial charge in [0, 0.05) is 4.88 Å². The van der Waals surface area contributed by atoms with E-state index in [2.05, 4.69) is 31.1 Å². The van der Waals surface area contributed by atoms with Crippen molar-refractivity contribution in [1.29, 1.82) is 0 Å². The lowest BCUT2D eigenvalue weighted by molar-refractivity contribution is -0.144. The molecule has 0 aromatic carbocycles. The molecule has 0 amide bonds. The average molecular weight is 378 g/mol. The number of carbonyl (C=O) groups is 1. The molecule has 0 fully saturated rings. The molecule has 2 aromatic heterocycles. The van der Waals surface area contributed by atoms with Gasteiger partial charge >= 0.3 is 5.97 Å². The zero-order chi connectivity index (χ0) is 18.9. The average Bonchev–Trinajstić information content (AvgIpc) is 2.95. The van der Waals surface area contributed by atoms with Crippen LogP contribution >= 0.6 is 11.3 Å².